The summed E-state index contributed by atoms with van der Waals surface area (Å²) >= 11 is 0. The van der Waals surface area contributed by atoms with Crippen molar-refractivity contribution in [1.29, 1.82) is 0 Å². The second-order valence-electron chi connectivity index (χ2n) is 12.0. The molecule has 0 bridgehead atoms. The zero-order chi connectivity index (χ0) is 34.7. The van der Waals surface area contributed by atoms with Crippen LogP contribution in [-0.4, -0.2) is 51.5 Å². The molecule has 15 heteroatoms. The van der Waals surface area contributed by atoms with Gasteiger partial charge in [-0.05, 0) is 113 Å². The molecule has 0 radical (unpaired) electrons. The third kappa shape index (κ3) is 9.30. The molecule has 3 aromatic carbocycles. The molecule has 0 amide bonds. The fraction of sp³-hybridized carbons (Fsp3) is 0.355. The molecular formula is C31H36F3NO9S2. The van der Waals surface area contributed by atoms with Crippen LogP contribution in [0.15, 0.2) is 87.5 Å². The van der Waals surface area contributed by atoms with Gasteiger partial charge < -0.3 is 23.8 Å². The van der Waals surface area contributed by atoms with Crippen LogP contribution in [0.25, 0.3) is 0 Å². The minimum absolute atomic E-state index is 0.0229. The van der Waals surface area contributed by atoms with Gasteiger partial charge in [-0.2, -0.15) is 25.2 Å². The molecule has 3 aromatic rings. The van der Waals surface area contributed by atoms with Crippen molar-refractivity contribution in [2.24, 2.45) is 0 Å². The monoisotopic (exact) mass is 687 g/mol. The number of halogens is 3. The second-order valence-corrected chi connectivity index (χ2v) is 16.4. The Morgan fingerprint density at radius 1 is 0.652 bits per heavy atom. The average molecular weight is 688 g/mol. The van der Waals surface area contributed by atoms with Crippen LogP contribution in [0.3, 0.4) is 0 Å². The predicted octanol–water partition coefficient (Wildman–Crippen LogP) is 8.44. The Labute approximate surface area is 268 Å². The lowest BCUT2D eigenvalue weighted by molar-refractivity contribution is -0.0496. The minimum Gasteiger partial charge on any atom is -0.428 e. The number of carbonyl (C=O) groups excluding carboxylic acids is 2. The third-order valence-corrected chi connectivity index (χ3v) is 10.5. The number of carbonyl (C=O) groups is 2. The van der Waals surface area contributed by atoms with Crippen LogP contribution >= 0.6 is 10.3 Å². The first-order valence-electron chi connectivity index (χ1n) is 13.7. The van der Waals surface area contributed by atoms with Gasteiger partial charge in [0.1, 0.15) is 22.7 Å². The standard InChI is InChI=1S/C31H36F3NO9S2/c1-29(2,3)42-27(36)40-22-11-9-13-25(19-22)45(44-46(38,39)31(32,33)34,24-17-15-21(16-18-24)35(7)8)26-14-10-12-23(20-26)41-28(37)43-30(4,5)6/h9-20H,1-8H3. The molecule has 0 fully saturated rings. The van der Waals surface area contributed by atoms with Crippen LogP contribution in [0.4, 0.5) is 28.4 Å². The Bertz CT molecular complexity index is 1590. The molecule has 0 aliphatic carbocycles. The van der Waals surface area contributed by atoms with Gasteiger partial charge in [-0.3, -0.25) is 0 Å². The van der Waals surface area contributed by atoms with Crippen LogP contribution in [0.5, 0.6) is 11.5 Å². The zero-order valence-corrected chi connectivity index (χ0v) is 28.1. The Morgan fingerprint density at radius 3 is 1.41 bits per heavy atom. The van der Waals surface area contributed by atoms with E-state index in [1.807, 2.05) is 0 Å². The maximum Gasteiger partial charge on any atom is 0.524 e. The van der Waals surface area contributed by atoms with Gasteiger partial charge in [-0.1, -0.05) is 12.1 Å². The summed E-state index contributed by atoms with van der Waals surface area (Å²) in [5.74, 6) is -0.328. The van der Waals surface area contributed by atoms with Crippen LogP contribution < -0.4 is 14.4 Å². The number of ether oxygens (including phenoxy) is 4. The first-order chi connectivity index (χ1) is 21.0. The maximum absolute atomic E-state index is 14.0. The molecule has 0 saturated heterocycles. The number of benzene rings is 3. The van der Waals surface area contributed by atoms with Gasteiger partial charge in [0, 0.05) is 34.5 Å². The second kappa shape index (κ2) is 13.4. The molecule has 252 valence electrons. The molecule has 0 N–H and O–H groups in total. The van der Waals surface area contributed by atoms with E-state index in [0.717, 1.165) is 0 Å². The van der Waals surface area contributed by atoms with Gasteiger partial charge in [0.15, 0.2) is 0 Å². The van der Waals surface area contributed by atoms with E-state index >= 15 is 0 Å². The van der Waals surface area contributed by atoms with Crippen molar-refractivity contribution in [2.75, 3.05) is 19.0 Å². The van der Waals surface area contributed by atoms with Crippen molar-refractivity contribution < 1.29 is 53.8 Å². The largest absolute Gasteiger partial charge is 0.524 e. The third-order valence-electron chi connectivity index (χ3n) is 5.62. The molecule has 0 spiro atoms. The summed E-state index contributed by atoms with van der Waals surface area (Å²) in [4.78, 5) is 26.5. The molecule has 46 heavy (non-hydrogen) atoms. The highest BCUT2D eigenvalue weighted by Crippen LogP contribution is 2.71. The van der Waals surface area contributed by atoms with Gasteiger partial charge in [-0.25, -0.2) is 9.59 Å². The van der Waals surface area contributed by atoms with E-state index in [1.54, 1.807) is 72.7 Å². The quantitative estimate of drug-likeness (QED) is 0.130. The maximum atomic E-state index is 14.0. The molecule has 0 saturated carbocycles. The summed E-state index contributed by atoms with van der Waals surface area (Å²) in [6.45, 7) is 9.66. The smallest absolute Gasteiger partial charge is 0.428 e. The Kier molecular flexibility index (Phi) is 10.7. The van der Waals surface area contributed by atoms with Gasteiger partial charge in [0.25, 0.3) is 0 Å². The molecule has 0 atom stereocenters. The van der Waals surface area contributed by atoms with E-state index in [4.69, 9.17) is 22.6 Å². The topological polar surface area (TPSA) is 118 Å². The summed E-state index contributed by atoms with van der Waals surface area (Å²) in [6, 6.07) is 16.4. The number of rotatable bonds is 8. The van der Waals surface area contributed by atoms with Crippen molar-refractivity contribution in [3.05, 3.63) is 72.8 Å². The number of hydrogen-bond acceptors (Lipinski definition) is 10. The van der Waals surface area contributed by atoms with Crippen LogP contribution in [0.2, 0.25) is 0 Å². The van der Waals surface area contributed by atoms with Gasteiger partial charge in [0.2, 0.25) is 0 Å². The number of nitrogens with zero attached hydrogens (tertiary/aromatic N) is 1. The lowest BCUT2D eigenvalue weighted by atomic mass is 10.2. The highest BCUT2D eigenvalue weighted by molar-refractivity contribution is 8.33. The number of hydrogen-bond donors (Lipinski definition) is 0. The average Bonchev–Trinajstić information content (AvgIpc) is 2.89. The Morgan fingerprint density at radius 2 is 1.07 bits per heavy atom. The van der Waals surface area contributed by atoms with E-state index in [0.29, 0.717) is 5.69 Å². The van der Waals surface area contributed by atoms with E-state index < -0.39 is 49.4 Å². The van der Waals surface area contributed by atoms with Gasteiger partial charge in [0.05, 0.1) is 0 Å². The highest BCUT2D eigenvalue weighted by Gasteiger charge is 2.52. The van der Waals surface area contributed by atoms with E-state index in [9.17, 15) is 31.2 Å². The van der Waals surface area contributed by atoms with E-state index in [1.165, 1.54) is 60.7 Å². The molecule has 0 aliphatic heterocycles. The zero-order valence-electron chi connectivity index (χ0n) is 26.5. The number of alkyl halides is 3. The summed E-state index contributed by atoms with van der Waals surface area (Å²) in [7, 11) is -6.69. The van der Waals surface area contributed by atoms with Crippen LogP contribution in [0.1, 0.15) is 41.5 Å². The summed E-state index contributed by atoms with van der Waals surface area (Å²) in [5.41, 5.74) is -7.00. The summed E-state index contributed by atoms with van der Waals surface area (Å²) < 4.78 is 94.1. The molecule has 0 aliphatic rings. The first-order valence-corrected chi connectivity index (χ1v) is 16.6. The normalized spacial score (nSPS) is 13.0. The molecule has 0 unspecified atom stereocenters. The molecular weight excluding hydrogens is 651 g/mol. The summed E-state index contributed by atoms with van der Waals surface area (Å²) in [6.07, 6.45) is -2.20. The molecule has 10 nitrogen and oxygen atoms in total. The minimum atomic E-state index is -6.28. The van der Waals surface area contributed by atoms with Gasteiger partial charge in [-0.15, -0.1) is 0 Å². The van der Waals surface area contributed by atoms with E-state index in [-0.39, 0.29) is 26.2 Å². The van der Waals surface area contributed by atoms with Gasteiger partial charge >= 0.3 is 27.9 Å². The van der Waals surface area contributed by atoms with Crippen molar-refractivity contribution in [1.82, 2.24) is 0 Å². The Hall–Kier alpha value is -3.95. The fourth-order valence-corrected chi connectivity index (χ4v) is 8.57. The first kappa shape index (κ1) is 36.5. The van der Waals surface area contributed by atoms with Crippen LogP contribution in [0, 0.1) is 0 Å². The molecule has 3 rings (SSSR count). The van der Waals surface area contributed by atoms with Crippen molar-refractivity contribution >= 4 is 38.4 Å². The van der Waals surface area contributed by atoms with Crippen molar-refractivity contribution in [2.45, 2.75) is 72.9 Å². The lowest BCUT2D eigenvalue weighted by Gasteiger charge is -2.39. The summed E-state index contributed by atoms with van der Waals surface area (Å²) in [5, 5.41) is 0. The van der Waals surface area contributed by atoms with Crippen molar-refractivity contribution in [3.8, 4) is 11.5 Å². The molecule has 0 aromatic heterocycles. The fourth-order valence-electron chi connectivity index (χ4n) is 3.80. The molecule has 0 heterocycles. The highest BCUT2D eigenvalue weighted by atomic mass is 32.3. The predicted molar refractivity (Wildman–Crippen MR) is 166 cm³/mol. The lowest BCUT2D eigenvalue weighted by Crippen LogP contribution is -2.28. The van der Waals surface area contributed by atoms with E-state index in [2.05, 4.69) is 0 Å². The van der Waals surface area contributed by atoms with Crippen molar-refractivity contribution in [3.63, 3.8) is 0 Å². The SMILES string of the molecule is CN(C)c1ccc(S(OS(=O)(=O)C(F)(F)F)(c2cccc(OC(=O)OC(C)(C)C)c2)c2cccc(OC(=O)OC(C)(C)C)c2)cc1. The Balaban J connectivity index is 2.35. The number of anilines is 1. The van der Waals surface area contributed by atoms with Crippen LogP contribution in [-0.2, 0) is 23.2 Å².